The number of ether oxygens (including phenoxy) is 3. The molecule has 0 N–H and O–H groups in total. The van der Waals surface area contributed by atoms with Crippen molar-refractivity contribution in [1.29, 1.82) is 0 Å². The third-order valence-electron chi connectivity index (χ3n) is 3.09. The molecule has 0 aliphatic carbocycles. The Morgan fingerprint density at radius 1 is 0.812 bits per heavy atom. The number of hydrogen-bond acceptors (Lipinski definition) is 3. The number of rotatable bonds is 10. The Kier molecular flexibility index (Phi) is 9.99. The molecule has 0 aromatic rings. The summed E-state index contributed by atoms with van der Waals surface area (Å²) in [5.74, 6) is 0. The van der Waals surface area contributed by atoms with Crippen LogP contribution in [0.5, 0.6) is 0 Å². The van der Waals surface area contributed by atoms with Crippen LogP contribution in [-0.4, -0.2) is 39.6 Å². The Labute approximate surface area is 100 Å². The van der Waals surface area contributed by atoms with Crippen LogP contribution in [-0.2, 0) is 14.2 Å². The van der Waals surface area contributed by atoms with Crippen molar-refractivity contribution in [2.45, 2.75) is 64.3 Å². The van der Waals surface area contributed by atoms with Crippen LogP contribution >= 0.6 is 0 Å². The second-order valence-electron chi connectivity index (χ2n) is 4.36. The van der Waals surface area contributed by atoms with E-state index in [0.29, 0.717) is 6.10 Å². The monoisotopic (exact) mass is 232 g/mol. The molecule has 3 nitrogen and oxygen atoms in total. The van der Waals surface area contributed by atoms with Crippen LogP contribution in [0.1, 0.15) is 46.0 Å². The summed E-state index contributed by atoms with van der Waals surface area (Å²) in [5, 5.41) is 0. The molecule has 3 unspecified atom stereocenters. The van der Waals surface area contributed by atoms with Gasteiger partial charge in [-0.2, -0.15) is 0 Å². The standard InChI is InChI=1S/C13H28O3/c1-6-7-12(15-4)8-9-13(16-5)10-11(2)14-3/h11-13H,6-10H2,1-5H3. The molecular weight excluding hydrogens is 204 g/mol. The third kappa shape index (κ3) is 7.20. The second kappa shape index (κ2) is 10.1. The normalized spacial score (nSPS) is 17.1. The van der Waals surface area contributed by atoms with Crippen LogP contribution in [0.15, 0.2) is 0 Å². The molecule has 0 saturated heterocycles. The first kappa shape index (κ1) is 15.9. The molecule has 0 rings (SSSR count). The van der Waals surface area contributed by atoms with Gasteiger partial charge in [-0.05, 0) is 32.6 Å². The lowest BCUT2D eigenvalue weighted by Crippen LogP contribution is -2.21. The van der Waals surface area contributed by atoms with Crippen molar-refractivity contribution in [3.8, 4) is 0 Å². The van der Waals surface area contributed by atoms with E-state index in [2.05, 4.69) is 13.8 Å². The van der Waals surface area contributed by atoms with Crippen molar-refractivity contribution < 1.29 is 14.2 Å². The Hall–Kier alpha value is -0.120. The maximum absolute atomic E-state index is 5.46. The van der Waals surface area contributed by atoms with Crippen molar-refractivity contribution in [3.63, 3.8) is 0 Å². The minimum Gasteiger partial charge on any atom is -0.382 e. The summed E-state index contributed by atoms with van der Waals surface area (Å²) in [5.41, 5.74) is 0. The molecule has 3 heteroatoms. The minimum absolute atomic E-state index is 0.261. The highest BCUT2D eigenvalue weighted by Crippen LogP contribution is 2.15. The highest BCUT2D eigenvalue weighted by Gasteiger charge is 2.15. The predicted octanol–water partition coefficient (Wildman–Crippen LogP) is 3.02. The molecule has 0 aromatic carbocycles. The quantitative estimate of drug-likeness (QED) is 0.579. The van der Waals surface area contributed by atoms with E-state index in [1.165, 1.54) is 6.42 Å². The lowest BCUT2D eigenvalue weighted by atomic mass is 10.0. The maximum atomic E-state index is 5.46. The molecular formula is C13H28O3. The van der Waals surface area contributed by atoms with Gasteiger partial charge in [0.25, 0.3) is 0 Å². The molecule has 3 atom stereocenters. The van der Waals surface area contributed by atoms with Crippen molar-refractivity contribution in [2.75, 3.05) is 21.3 Å². The van der Waals surface area contributed by atoms with Crippen LogP contribution in [0.4, 0.5) is 0 Å². The Bertz CT molecular complexity index is 150. The van der Waals surface area contributed by atoms with Crippen molar-refractivity contribution in [1.82, 2.24) is 0 Å². The lowest BCUT2D eigenvalue weighted by Gasteiger charge is -2.21. The van der Waals surface area contributed by atoms with Crippen molar-refractivity contribution in [2.24, 2.45) is 0 Å². The summed E-state index contributed by atoms with van der Waals surface area (Å²) in [6.07, 6.45) is 6.29. The topological polar surface area (TPSA) is 27.7 Å². The van der Waals surface area contributed by atoms with Gasteiger partial charge in [-0.3, -0.25) is 0 Å². The minimum atomic E-state index is 0.261. The van der Waals surface area contributed by atoms with Gasteiger partial charge in [0.15, 0.2) is 0 Å². The van der Waals surface area contributed by atoms with E-state index >= 15 is 0 Å². The third-order valence-corrected chi connectivity index (χ3v) is 3.09. The summed E-state index contributed by atoms with van der Waals surface area (Å²) in [7, 11) is 5.31. The van der Waals surface area contributed by atoms with Gasteiger partial charge < -0.3 is 14.2 Å². The molecule has 0 bridgehead atoms. The summed E-state index contributed by atoms with van der Waals surface area (Å²) >= 11 is 0. The number of hydrogen-bond donors (Lipinski definition) is 0. The van der Waals surface area contributed by atoms with E-state index in [4.69, 9.17) is 14.2 Å². The highest BCUT2D eigenvalue weighted by atomic mass is 16.5. The van der Waals surface area contributed by atoms with Crippen LogP contribution < -0.4 is 0 Å². The average Bonchev–Trinajstić information content (AvgIpc) is 2.32. The zero-order valence-corrected chi connectivity index (χ0v) is 11.5. The smallest absolute Gasteiger partial charge is 0.0596 e. The maximum Gasteiger partial charge on any atom is 0.0596 e. The summed E-state index contributed by atoms with van der Waals surface area (Å²) < 4.78 is 16.1. The molecule has 0 amide bonds. The largest absolute Gasteiger partial charge is 0.382 e. The zero-order valence-electron chi connectivity index (χ0n) is 11.5. The zero-order chi connectivity index (χ0) is 12.4. The van der Waals surface area contributed by atoms with E-state index in [-0.39, 0.29) is 12.2 Å². The Morgan fingerprint density at radius 3 is 1.81 bits per heavy atom. The first-order valence-corrected chi connectivity index (χ1v) is 6.26. The highest BCUT2D eigenvalue weighted by molar-refractivity contribution is 4.66. The Balaban J connectivity index is 3.83. The summed E-state index contributed by atoms with van der Waals surface area (Å²) in [6.45, 7) is 4.26. The van der Waals surface area contributed by atoms with Gasteiger partial charge in [0.1, 0.15) is 0 Å². The van der Waals surface area contributed by atoms with E-state index < -0.39 is 0 Å². The first-order valence-electron chi connectivity index (χ1n) is 6.26. The van der Waals surface area contributed by atoms with Gasteiger partial charge in [-0.25, -0.2) is 0 Å². The molecule has 0 aliphatic rings. The van der Waals surface area contributed by atoms with Gasteiger partial charge in [0.2, 0.25) is 0 Å². The summed E-state index contributed by atoms with van der Waals surface area (Å²) in [6, 6.07) is 0. The van der Waals surface area contributed by atoms with Crippen LogP contribution in [0.2, 0.25) is 0 Å². The SMILES string of the molecule is CCCC(CCC(CC(C)OC)OC)OC. The molecule has 0 radical (unpaired) electrons. The van der Waals surface area contributed by atoms with E-state index in [0.717, 1.165) is 25.7 Å². The molecule has 0 heterocycles. The van der Waals surface area contributed by atoms with Crippen LogP contribution in [0.25, 0.3) is 0 Å². The van der Waals surface area contributed by atoms with Gasteiger partial charge in [-0.15, -0.1) is 0 Å². The predicted molar refractivity (Wildman–Crippen MR) is 66.8 cm³/mol. The summed E-state index contributed by atoms with van der Waals surface area (Å²) in [4.78, 5) is 0. The molecule has 0 aliphatic heterocycles. The van der Waals surface area contributed by atoms with Crippen LogP contribution in [0.3, 0.4) is 0 Å². The second-order valence-corrected chi connectivity index (χ2v) is 4.36. The molecule has 0 fully saturated rings. The van der Waals surface area contributed by atoms with E-state index in [9.17, 15) is 0 Å². The first-order chi connectivity index (χ1) is 7.67. The molecule has 98 valence electrons. The number of methoxy groups -OCH3 is 3. The van der Waals surface area contributed by atoms with Gasteiger partial charge in [0.05, 0.1) is 18.3 Å². The molecule has 0 spiro atoms. The van der Waals surface area contributed by atoms with Crippen molar-refractivity contribution in [3.05, 3.63) is 0 Å². The molecule has 0 aromatic heterocycles. The fourth-order valence-corrected chi connectivity index (χ4v) is 1.87. The van der Waals surface area contributed by atoms with E-state index in [1.807, 2.05) is 0 Å². The van der Waals surface area contributed by atoms with Crippen molar-refractivity contribution >= 4 is 0 Å². The van der Waals surface area contributed by atoms with Gasteiger partial charge in [0, 0.05) is 21.3 Å². The fraction of sp³-hybridized carbons (Fsp3) is 1.00. The lowest BCUT2D eigenvalue weighted by molar-refractivity contribution is 0.0124. The fourth-order valence-electron chi connectivity index (χ4n) is 1.87. The van der Waals surface area contributed by atoms with Gasteiger partial charge >= 0.3 is 0 Å². The molecule has 0 saturated carbocycles. The molecule has 16 heavy (non-hydrogen) atoms. The van der Waals surface area contributed by atoms with E-state index in [1.54, 1.807) is 21.3 Å². The average molecular weight is 232 g/mol. The Morgan fingerprint density at radius 2 is 1.38 bits per heavy atom. The van der Waals surface area contributed by atoms with Gasteiger partial charge in [-0.1, -0.05) is 13.3 Å². The van der Waals surface area contributed by atoms with Crippen LogP contribution in [0, 0.1) is 0 Å².